The molecule has 1 N–H and O–H groups in total. The third-order valence-corrected chi connectivity index (χ3v) is 9.02. The van der Waals surface area contributed by atoms with E-state index in [2.05, 4.69) is 5.32 Å². The predicted molar refractivity (Wildman–Crippen MR) is 161 cm³/mol. The third-order valence-electron chi connectivity index (χ3n) is 6.86. The first kappa shape index (κ1) is 33.9. The first-order valence-electron chi connectivity index (χ1n) is 13.9. The number of aryl methyl sites for hydroxylation is 1. The van der Waals surface area contributed by atoms with Crippen LogP contribution in [0.1, 0.15) is 49.8 Å². The number of nitrogens with one attached hydrogen (secondary N) is 1. The molecule has 232 valence electrons. The molecule has 3 aromatic rings. The van der Waals surface area contributed by atoms with Crippen LogP contribution in [0.5, 0.6) is 0 Å². The summed E-state index contributed by atoms with van der Waals surface area (Å²) in [4.78, 5) is 28.3. The number of unbranched alkanes of at least 4 members (excludes halogenated alkanes) is 1. The van der Waals surface area contributed by atoms with Crippen molar-refractivity contribution in [1.82, 2.24) is 10.2 Å². The number of anilines is 1. The largest absolute Gasteiger partial charge is 0.416 e. The molecule has 3 rings (SSSR count). The fourth-order valence-electron chi connectivity index (χ4n) is 4.44. The summed E-state index contributed by atoms with van der Waals surface area (Å²) in [6.07, 6.45) is -3.00. The van der Waals surface area contributed by atoms with Gasteiger partial charge in [-0.1, -0.05) is 73.8 Å². The maximum atomic E-state index is 14.1. The summed E-state index contributed by atoms with van der Waals surface area (Å²) in [5.74, 6) is -1.21. The standard InChI is InChI=1S/C31H35ClF3N3O4S/c1-4-6-18-36-30(40)28(5-2)37(20-23-10-7-8-13-27(23)32)29(39)21-38(25-12-9-11-24(19-25)31(33,34)35)43(41,42)26-16-14-22(3)15-17-26/h7-17,19,28H,4-6,18,20-21H2,1-3H3,(H,36,40). The van der Waals surface area contributed by atoms with E-state index in [9.17, 15) is 31.2 Å². The molecule has 0 aliphatic heterocycles. The van der Waals surface area contributed by atoms with Crippen LogP contribution in [0.4, 0.5) is 18.9 Å². The van der Waals surface area contributed by atoms with Crippen molar-refractivity contribution in [3.63, 3.8) is 0 Å². The van der Waals surface area contributed by atoms with Crippen LogP contribution >= 0.6 is 11.6 Å². The number of rotatable bonds is 13. The van der Waals surface area contributed by atoms with Crippen molar-refractivity contribution in [3.8, 4) is 0 Å². The highest BCUT2D eigenvalue weighted by atomic mass is 35.5. The Labute approximate surface area is 255 Å². The maximum Gasteiger partial charge on any atom is 0.416 e. The second kappa shape index (κ2) is 14.7. The van der Waals surface area contributed by atoms with E-state index in [1.807, 2.05) is 6.92 Å². The number of amides is 2. The molecule has 0 saturated heterocycles. The Morgan fingerprint density at radius 3 is 2.26 bits per heavy atom. The quantitative estimate of drug-likeness (QED) is 0.214. The van der Waals surface area contributed by atoms with E-state index in [-0.39, 0.29) is 23.5 Å². The van der Waals surface area contributed by atoms with Crippen LogP contribution in [0.3, 0.4) is 0 Å². The van der Waals surface area contributed by atoms with Crippen molar-refractivity contribution < 1.29 is 31.2 Å². The smallest absolute Gasteiger partial charge is 0.354 e. The monoisotopic (exact) mass is 637 g/mol. The van der Waals surface area contributed by atoms with Gasteiger partial charge in [-0.3, -0.25) is 13.9 Å². The number of benzene rings is 3. The Bertz CT molecular complexity index is 1520. The van der Waals surface area contributed by atoms with E-state index in [1.54, 1.807) is 50.2 Å². The molecule has 3 aromatic carbocycles. The number of carbonyl (C=O) groups excluding carboxylic acids is 2. The lowest BCUT2D eigenvalue weighted by atomic mass is 10.1. The van der Waals surface area contributed by atoms with Crippen LogP contribution in [-0.2, 0) is 32.3 Å². The molecule has 1 atom stereocenters. The van der Waals surface area contributed by atoms with Gasteiger partial charge in [0.2, 0.25) is 11.8 Å². The van der Waals surface area contributed by atoms with Crippen LogP contribution in [0.15, 0.2) is 77.7 Å². The number of nitrogens with zero attached hydrogens (tertiary/aromatic N) is 2. The molecule has 0 radical (unpaired) electrons. The van der Waals surface area contributed by atoms with Crippen LogP contribution in [-0.4, -0.2) is 44.3 Å². The molecule has 0 heterocycles. The summed E-state index contributed by atoms with van der Waals surface area (Å²) >= 11 is 6.38. The van der Waals surface area contributed by atoms with Crippen molar-refractivity contribution >= 4 is 39.1 Å². The van der Waals surface area contributed by atoms with E-state index in [1.165, 1.54) is 23.1 Å². The molecule has 7 nitrogen and oxygen atoms in total. The van der Waals surface area contributed by atoms with E-state index >= 15 is 0 Å². The summed E-state index contributed by atoms with van der Waals surface area (Å²) in [6, 6.07) is 15.3. The minimum atomic E-state index is -4.75. The molecule has 0 bridgehead atoms. The Hall–Kier alpha value is -3.57. The Balaban J connectivity index is 2.11. The lowest BCUT2D eigenvalue weighted by molar-refractivity contribution is -0.140. The molecule has 1 unspecified atom stereocenters. The van der Waals surface area contributed by atoms with Crippen molar-refractivity contribution in [3.05, 3.63) is 94.5 Å². The Morgan fingerprint density at radius 2 is 1.65 bits per heavy atom. The first-order chi connectivity index (χ1) is 20.3. The van der Waals surface area contributed by atoms with Gasteiger partial charge in [-0.2, -0.15) is 13.2 Å². The average Bonchev–Trinajstić information content (AvgIpc) is 2.96. The molecule has 0 fully saturated rings. The van der Waals surface area contributed by atoms with Gasteiger partial charge in [0, 0.05) is 18.1 Å². The first-order valence-corrected chi connectivity index (χ1v) is 15.7. The molecule has 0 spiro atoms. The summed E-state index contributed by atoms with van der Waals surface area (Å²) in [7, 11) is -4.52. The minimum absolute atomic E-state index is 0.126. The molecule has 2 amide bonds. The predicted octanol–water partition coefficient (Wildman–Crippen LogP) is 6.59. The Kier molecular flexibility index (Phi) is 11.6. The molecule has 43 heavy (non-hydrogen) atoms. The zero-order valence-corrected chi connectivity index (χ0v) is 25.8. The molecule has 0 saturated carbocycles. The third kappa shape index (κ3) is 8.73. The second-order valence-electron chi connectivity index (χ2n) is 10.1. The van der Waals surface area contributed by atoms with Crippen LogP contribution in [0.2, 0.25) is 5.02 Å². The van der Waals surface area contributed by atoms with Gasteiger partial charge in [-0.05, 0) is 61.7 Å². The van der Waals surface area contributed by atoms with Crippen LogP contribution < -0.4 is 9.62 Å². The highest BCUT2D eigenvalue weighted by Gasteiger charge is 2.36. The summed E-state index contributed by atoms with van der Waals surface area (Å²) in [6.45, 7) is 4.84. The number of hydrogen-bond donors (Lipinski definition) is 1. The summed E-state index contributed by atoms with van der Waals surface area (Å²) < 4.78 is 69.3. The normalized spacial score (nSPS) is 12.4. The van der Waals surface area contributed by atoms with Gasteiger partial charge in [-0.25, -0.2) is 8.42 Å². The van der Waals surface area contributed by atoms with Gasteiger partial charge >= 0.3 is 6.18 Å². The van der Waals surface area contributed by atoms with Crippen LogP contribution in [0, 0.1) is 6.92 Å². The summed E-state index contributed by atoms with van der Waals surface area (Å²) in [5.41, 5.74) is -0.131. The molecule has 12 heteroatoms. The fourth-order valence-corrected chi connectivity index (χ4v) is 6.04. The van der Waals surface area contributed by atoms with Crippen molar-refractivity contribution in [1.29, 1.82) is 0 Å². The lowest BCUT2D eigenvalue weighted by Crippen LogP contribution is -2.52. The molecular formula is C31H35ClF3N3O4S. The fraction of sp³-hybridized carbons (Fsp3) is 0.355. The number of sulfonamides is 1. The van der Waals surface area contributed by atoms with E-state index < -0.39 is 46.2 Å². The van der Waals surface area contributed by atoms with Gasteiger partial charge in [0.25, 0.3) is 10.0 Å². The number of halogens is 4. The Morgan fingerprint density at radius 1 is 0.977 bits per heavy atom. The molecule has 0 aromatic heterocycles. The van der Waals surface area contributed by atoms with Crippen molar-refractivity contribution in [2.45, 2.75) is 63.7 Å². The highest BCUT2D eigenvalue weighted by molar-refractivity contribution is 7.92. The highest BCUT2D eigenvalue weighted by Crippen LogP contribution is 2.33. The number of hydrogen-bond acceptors (Lipinski definition) is 4. The van der Waals surface area contributed by atoms with Gasteiger partial charge in [0.15, 0.2) is 0 Å². The summed E-state index contributed by atoms with van der Waals surface area (Å²) in [5, 5.41) is 3.15. The topological polar surface area (TPSA) is 86.8 Å². The maximum absolute atomic E-state index is 14.1. The zero-order chi connectivity index (χ0) is 31.8. The minimum Gasteiger partial charge on any atom is -0.354 e. The molecular weight excluding hydrogens is 603 g/mol. The van der Waals surface area contributed by atoms with E-state index in [0.29, 0.717) is 27.5 Å². The van der Waals surface area contributed by atoms with Gasteiger partial charge < -0.3 is 10.2 Å². The van der Waals surface area contributed by atoms with E-state index in [4.69, 9.17) is 11.6 Å². The van der Waals surface area contributed by atoms with Gasteiger partial charge in [-0.15, -0.1) is 0 Å². The number of alkyl halides is 3. The average molecular weight is 638 g/mol. The van der Waals surface area contributed by atoms with Crippen molar-refractivity contribution in [2.75, 3.05) is 17.4 Å². The van der Waals surface area contributed by atoms with E-state index in [0.717, 1.165) is 30.5 Å². The number of carbonyl (C=O) groups is 2. The van der Waals surface area contributed by atoms with Crippen LogP contribution in [0.25, 0.3) is 0 Å². The SMILES string of the molecule is CCCCNC(=O)C(CC)N(Cc1ccccc1Cl)C(=O)CN(c1cccc(C(F)(F)F)c1)S(=O)(=O)c1ccc(C)cc1. The zero-order valence-electron chi connectivity index (χ0n) is 24.2. The van der Waals surface area contributed by atoms with Gasteiger partial charge in [0.1, 0.15) is 12.6 Å². The second-order valence-corrected chi connectivity index (χ2v) is 12.3. The molecule has 0 aliphatic rings. The lowest BCUT2D eigenvalue weighted by Gasteiger charge is -2.33. The molecule has 0 aliphatic carbocycles. The van der Waals surface area contributed by atoms with Crippen molar-refractivity contribution in [2.24, 2.45) is 0 Å². The van der Waals surface area contributed by atoms with Gasteiger partial charge in [0.05, 0.1) is 16.1 Å².